The third-order valence-corrected chi connectivity index (χ3v) is 3.68. The van der Waals surface area contributed by atoms with Crippen LogP contribution >= 0.6 is 0 Å². The molecule has 0 aliphatic heterocycles. The Morgan fingerprint density at radius 2 is 1.78 bits per heavy atom. The monoisotopic (exact) mass is 312 g/mol. The largest absolute Gasteiger partial charge is 0.481 e. The third-order valence-electron chi connectivity index (χ3n) is 3.68. The van der Waals surface area contributed by atoms with Crippen molar-refractivity contribution in [2.45, 2.75) is 26.9 Å². The second kappa shape index (κ2) is 6.96. The van der Waals surface area contributed by atoms with E-state index in [1.54, 1.807) is 31.2 Å². The number of nitrogens with two attached hydrogens (primary N) is 1. The van der Waals surface area contributed by atoms with Crippen molar-refractivity contribution in [1.82, 2.24) is 0 Å². The first-order chi connectivity index (χ1) is 10.9. The summed E-state index contributed by atoms with van der Waals surface area (Å²) in [5.74, 6) is -0.278. The number of hydrogen-bond donors (Lipinski definition) is 2. The van der Waals surface area contributed by atoms with Gasteiger partial charge in [-0.2, -0.15) is 0 Å². The summed E-state index contributed by atoms with van der Waals surface area (Å²) in [4.78, 5) is 23.7. The lowest BCUT2D eigenvalue weighted by Crippen LogP contribution is -2.31. The highest BCUT2D eigenvalue weighted by atomic mass is 16.5. The molecule has 0 unspecified atom stereocenters. The number of carbonyl (C=O) groups excluding carboxylic acids is 2. The van der Waals surface area contributed by atoms with Gasteiger partial charge in [0.2, 0.25) is 0 Å². The molecule has 0 bridgehead atoms. The summed E-state index contributed by atoms with van der Waals surface area (Å²) in [7, 11) is 0. The smallest absolute Gasteiger partial charge is 0.265 e. The lowest BCUT2D eigenvalue weighted by Gasteiger charge is -2.17. The molecule has 120 valence electrons. The number of amides is 2. The first kappa shape index (κ1) is 16.5. The van der Waals surface area contributed by atoms with E-state index in [4.69, 9.17) is 10.5 Å². The van der Waals surface area contributed by atoms with Crippen molar-refractivity contribution in [2.24, 2.45) is 5.73 Å². The van der Waals surface area contributed by atoms with Crippen molar-refractivity contribution in [3.63, 3.8) is 0 Å². The highest BCUT2D eigenvalue weighted by Crippen LogP contribution is 2.22. The number of benzene rings is 2. The minimum Gasteiger partial charge on any atom is -0.481 e. The third kappa shape index (κ3) is 3.88. The van der Waals surface area contributed by atoms with Crippen LogP contribution in [0.1, 0.15) is 28.4 Å². The number of hydrogen-bond acceptors (Lipinski definition) is 3. The number of ether oxygens (including phenoxy) is 1. The van der Waals surface area contributed by atoms with E-state index in [-0.39, 0.29) is 11.5 Å². The lowest BCUT2D eigenvalue weighted by atomic mass is 10.1. The number of aryl methyl sites for hydroxylation is 1. The van der Waals surface area contributed by atoms with Crippen LogP contribution in [0.15, 0.2) is 42.5 Å². The molecule has 1 atom stereocenters. The van der Waals surface area contributed by atoms with E-state index in [2.05, 4.69) is 5.32 Å². The fraction of sp³-hybridized carbons (Fsp3) is 0.222. The van der Waals surface area contributed by atoms with E-state index in [9.17, 15) is 9.59 Å². The lowest BCUT2D eigenvalue weighted by molar-refractivity contribution is -0.122. The molecule has 2 aromatic carbocycles. The van der Waals surface area contributed by atoms with Gasteiger partial charge in [-0.3, -0.25) is 9.59 Å². The standard InChI is InChI=1S/C18H20N2O3/c1-11-7-6-10-16(12(11)2)23-13(3)18(22)20-15-9-5-4-8-14(15)17(19)21/h4-10,13H,1-3H3,(H2,19,21)(H,20,22)/t13-/m0/s1. The predicted molar refractivity (Wildman–Crippen MR) is 89.6 cm³/mol. The van der Waals surface area contributed by atoms with Crippen LogP contribution in [0.2, 0.25) is 0 Å². The number of primary amides is 1. The number of anilines is 1. The summed E-state index contributed by atoms with van der Waals surface area (Å²) < 4.78 is 5.73. The maximum atomic E-state index is 12.3. The highest BCUT2D eigenvalue weighted by Gasteiger charge is 2.18. The van der Waals surface area contributed by atoms with E-state index in [1.165, 1.54) is 0 Å². The summed E-state index contributed by atoms with van der Waals surface area (Å²) in [6.07, 6.45) is -0.712. The molecule has 2 aromatic rings. The van der Waals surface area contributed by atoms with E-state index < -0.39 is 12.0 Å². The van der Waals surface area contributed by atoms with Crippen molar-refractivity contribution >= 4 is 17.5 Å². The molecule has 5 heteroatoms. The first-order valence-corrected chi connectivity index (χ1v) is 7.32. The molecule has 0 saturated heterocycles. The molecule has 0 spiro atoms. The van der Waals surface area contributed by atoms with Gasteiger partial charge in [0.05, 0.1) is 11.3 Å². The van der Waals surface area contributed by atoms with Crippen LogP contribution < -0.4 is 15.8 Å². The van der Waals surface area contributed by atoms with Crippen LogP contribution in [-0.4, -0.2) is 17.9 Å². The molecule has 0 aromatic heterocycles. The van der Waals surface area contributed by atoms with Gasteiger partial charge >= 0.3 is 0 Å². The van der Waals surface area contributed by atoms with Crippen molar-refractivity contribution in [3.05, 3.63) is 59.2 Å². The Kier molecular flexibility index (Phi) is 5.01. The topological polar surface area (TPSA) is 81.4 Å². The fourth-order valence-corrected chi connectivity index (χ4v) is 2.14. The molecule has 0 aliphatic rings. The van der Waals surface area contributed by atoms with Crippen molar-refractivity contribution < 1.29 is 14.3 Å². The summed E-state index contributed by atoms with van der Waals surface area (Å²) in [5, 5.41) is 2.68. The fourth-order valence-electron chi connectivity index (χ4n) is 2.14. The van der Waals surface area contributed by atoms with Gasteiger partial charge in [-0.25, -0.2) is 0 Å². The Labute approximate surface area is 135 Å². The zero-order chi connectivity index (χ0) is 17.0. The predicted octanol–water partition coefficient (Wildman–Crippen LogP) is 2.81. The van der Waals surface area contributed by atoms with Gasteiger partial charge in [0.15, 0.2) is 6.10 Å². The molecule has 2 rings (SSSR count). The normalized spacial score (nSPS) is 11.6. The van der Waals surface area contributed by atoms with Gasteiger partial charge in [-0.15, -0.1) is 0 Å². The molecule has 0 heterocycles. The maximum Gasteiger partial charge on any atom is 0.265 e. The summed E-state index contributed by atoms with van der Waals surface area (Å²) in [5.41, 5.74) is 8.03. The Bertz CT molecular complexity index is 741. The SMILES string of the molecule is Cc1cccc(O[C@@H](C)C(=O)Nc2ccccc2C(N)=O)c1C. The molecule has 3 N–H and O–H groups in total. The average molecular weight is 312 g/mol. The van der Waals surface area contributed by atoms with Gasteiger partial charge in [0.25, 0.3) is 11.8 Å². The van der Waals surface area contributed by atoms with Gasteiger partial charge in [-0.05, 0) is 50.1 Å². The van der Waals surface area contributed by atoms with Crippen LogP contribution in [-0.2, 0) is 4.79 Å². The molecule has 0 aliphatic carbocycles. The molecule has 0 radical (unpaired) electrons. The van der Waals surface area contributed by atoms with Crippen LogP contribution in [0, 0.1) is 13.8 Å². The molecule has 23 heavy (non-hydrogen) atoms. The zero-order valence-corrected chi connectivity index (χ0v) is 13.4. The highest BCUT2D eigenvalue weighted by molar-refractivity contribution is 6.03. The molecule has 5 nitrogen and oxygen atoms in total. The number of rotatable bonds is 5. The second-order valence-electron chi connectivity index (χ2n) is 5.36. The van der Waals surface area contributed by atoms with E-state index >= 15 is 0 Å². The van der Waals surface area contributed by atoms with Crippen LogP contribution in [0.5, 0.6) is 5.75 Å². The minimum atomic E-state index is -0.712. The van der Waals surface area contributed by atoms with Crippen molar-refractivity contribution in [2.75, 3.05) is 5.32 Å². The number of carbonyl (C=O) groups is 2. The zero-order valence-electron chi connectivity index (χ0n) is 13.4. The Morgan fingerprint density at radius 1 is 1.09 bits per heavy atom. The molecule has 2 amide bonds. The van der Waals surface area contributed by atoms with E-state index in [1.807, 2.05) is 32.0 Å². The Hall–Kier alpha value is -2.82. The Morgan fingerprint density at radius 3 is 2.48 bits per heavy atom. The second-order valence-corrected chi connectivity index (χ2v) is 5.36. The van der Waals surface area contributed by atoms with Gasteiger partial charge in [0, 0.05) is 0 Å². The van der Waals surface area contributed by atoms with Crippen LogP contribution in [0.25, 0.3) is 0 Å². The summed E-state index contributed by atoms with van der Waals surface area (Å²) in [6.45, 7) is 5.58. The number of para-hydroxylation sites is 1. The van der Waals surface area contributed by atoms with Gasteiger partial charge in [0.1, 0.15) is 5.75 Å². The van der Waals surface area contributed by atoms with Crippen LogP contribution in [0.4, 0.5) is 5.69 Å². The van der Waals surface area contributed by atoms with Crippen LogP contribution in [0.3, 0.4) is 0 Å². The minimum absolute atomic E-state index is 0.264. The number of nitrogens with one attached hydrogen (secondary N) is 1. The molecule has 0 saturated carbocycles. The van der Waals surface area contributed by atoms with Gasteiger partial charge < -0.3 is 15.8 Å². The van der Waals surface area contributed by atoms with E-state index in [0.717, 1.165) is 11.1 Å². The first-order valence-electron chi connectivity index (χ1n) is 7.32. The molecular weight excluding hydrogens is 292 g/mol. The quantitative estimate of drug-likeness (QED) is 0.890. The molecular formula is C18H20N2O3. The van der Waals surface area contributed by atoms with Crippen molar-refractivity contribution in [3.8, 4) is 5.75 Å². The van der Waals surface area contributed by atoms with E-state index in [0.29, 0.717) is 11.4 Å². The summed E-state index contributed by atoms with van der Waals surface area (Å²) >= 11 is 0. The Balaban J connectivity index is 2.12. The summed E-state index contributed by atoms with van der Waals surface area (Å²) in [6, 6.07) is 12.3. The maximum absolute atomic E-state index is 12.3. The van der Waals surface area contributed by atoms with Gasteiger partial charge in [-0.1, -0.05) is 24.3 Å². The van der Waals surface area contributed by atoms with Crippen molar-refractivity contribution in [1.29, 1.82) is 0 Å². The molecule has 0 fully saturated rings. The average Bonchev–Trinajstić information content (AvgIpc) is 2.52.